The molecule has 0 aromatic carbocycles. The van der Waals surface area contributed by atoms with Crippen molar-refractivity contribution in [1.29, 1.82) is 0 Å². The zero-order valence-electron chi connectivity index (χ0n) is 18.6. The fourth-order valence-electron chi connectivity index (χ4n) is 4.07. The molecule has 0 fully saturated rings. The van der Waals surface area contributed by atoms with Gasteiger partial charge in [-0.3, -0.25) is 0 Å². The van der Waals surface area contributed by atoms with Crippen LogP contribution in [0.4, 0.5) is 0 Å². The number of unbranched alkanes of at least 4 members (excludes halogenated alkanes) is 12. The zero-order valence-corrected chi connectivity index (χ0v) is 18.6. The second-order valence-corrected chi connectivity index (χ2v) is 8.85. The van der Waals surface area contributed by atoms with Crippen LogP contribution in [0.5, 0.6) is 0 Å². The highest BCUT2D eigenvalue weighted by atomic mass is 16.3. The first-order chi connectivity index (χ1) is 12.5. The Labute approximate surface area is 165 Å². The van der Waals surface area contributed by atoms with Crippen molar-refractivity contribution in [2.24, 2.45) is 5.41 Å². The molecule has 0 amide bonds. The molecule has 0 saturated carbocycles. The van der Waals surface area contributed by atoms with Crippen molar-refractivity contribution in [2.75, 3.05) is 6.61 Å². The van der Waals surface area contributed by atoms with Crippen LogP contribution >= 0.6 is 0 Å². The van der Waals surface area contributed by atoms with E-state index >= 15 is 0 Å². The van der Waals surface area contributed by atoms with Crippen molar-refractivity contribution in [1.82, 2.24) is 0 Å². The molecule has 2 N–H and O–H groups in total. The molecule has 0 spiro atoms. The maximum Gasteiger partial charge on any atom is 0.0722 e. The van der Waals surface area contributed by atoms with Gasteiger partial charge in [0, 0.05) is 5.41 Å². The maximum atomic E-state index is 11.5. The van der Waals surface area contributed by atoms with Gasteiger partial charge >= 0.3 is 0 Å². The van der Waals surface area contributed by atoms with Gasteiger partial charge in [0.15, 0.2) is 0 Å². The third-order valence-electron chi connectivity index (χ3n) is 6.64. The molecule has 2 heteroatoms. The average Bonchev–Trinajstić information content (AvgIpc) is 2.65. The Hall–Kier alpha value is -0.0800. The lowest BCUT2D eigenvalue weighted by atomic mass is 9.67. The molecule has 0 aromatic heterocycles. The minimum absolute atomic E-state index is 0.0903. The minimum atomic E-state index is -0.705. The van der Waals surface area contributed by atoms with Gasteiger partial charge in [0.05, 0.1) is 12.2 Å². The average molecular weight is 371 g/mol. The molecule has 0 rings (SSSR count). The Kier molecular flexibility index (Phi) is 15.9. The first-order valence-corrected chi connectivity index (χ1v) is 11.8. The molecule has 0 aliphatic carbocycles. The minimum Gasteiger partial charge on any atom is -0.396 e. The molecule has 158 valence electrons. The van der Waals surface area contributed by atoms with E-state index in [2.05, 4.69) is 27.7 Å². The monoisotopic (exact) mass is 370 g/mol. The molecular formula is C24H50O2. The quantitative estimate of drug-likeness (QED) is 0.232. The first kappa shape index (κ1) is 25.9. The molecule has 0 heterocycles. The van der Waals surface area contributed by atoms with E-state index < -0.39 is 5.60 Å². The Balaban J connectivity index is 4.31. The van der Waals surface area contributed by atoms with E-state index in [-0.39, 0.29) is 12.0 Å². The third kappa shape index (κ3) is 10.3. The van der Waals surface area contributed by atoms with E-state index in [1.165, 1.54) is 77.0 Å². The number of aliphatic hydroxyl groups excluding tert-OH is 1. The van der Waals surface area contributed by atoms with Gasteiger partial charge in [0.2, 0.25) is 0 Å². The van der Waals surface area contributed by atoms with Crippen LogP contribution in [-0.2, 0) is 0 Å². The second kappa shape index (κ2) is 15.9. The van der Waals surface area contributed by atoms with Crippen LogP contribution in [0, 0.1) is 5.41 Å². The van der Waals surface area contributed by atoms with Gasteiger partial charge in [0.1, 0.15) is 0 Å². The van der Waals surface area contributed by atoms with E-state index in [0.29, 0.717) is 0 Å². The number of rotatable bonds is 19. The van der Waals surface area contributed by atoms with Crippen LogP contribution in [0.3, 0.4) is 0 Å². The molecule has 0 saturated heterocycles. The Morgan fingerprint density at radius 1 is 0.577 bits per heavy atom. The SMILES string of the molecule is CCCCCCCCCC(O)(CCCCCCCCC)C(C)(CC)CO. The van der Waals surface area contributed by atoms with Crippen LogP contribution in [0.2, 0.25) is 0 Å². The predicted molar refractivity (Wildman–Crippen MR) is 116 cm³/mol. The topological polar surface area (TPSA) is 40.5 Å². The Morgan fingerprint density at radius 2 is 0.923 bits per heavy atom. The van der Waals surface area contributed by atoms with E-state index in [4.69, 9.17) is 0 Å². The highest BCUT2D eigenvalue weighted by Gasteiger charge is 2.44. The summed E-state index contributed by atoms with van der Waals surface area (Å²) in [6.07, 6.45) is 20.4. The molecule has 1 unspecified atom stereocenters. The molecule has 0 bridgehead atoms. The van der Waals surface area contributed by atoms with Crippen molar-refractivity contribution >= 4 is 0 Å². The van der Waals surface area contributed by atoms with Gasteiger partial charge in [-0.2, -0.15) is 0 Å². The molecule has 2 nitrogen and oxygen atoms in total. The van der Waals surface area contributed by atoms with E-state index in [1.54, 1.807) is 0 Å². The summed E-state index contributed by atoms with van der Waals surface area (Å²) in [5.41, 5.74) is -1.07. The van der Waals surface area contributed by atoms with Crippen LogP contribution in [-0.4, -0.2) is 22.4 Å². The van der Waals surface area contributed by atoms with Crippen LogP contribution in [0.1, 0.15) is 137 Å². The smallest absolute Gasteiger partial charge is 0.0722 e. The molecule has 0 aliphatic heterocycles. The summed E-state index contributed by atoms with van der Waals surface area (Å²) >= 11 is 0. The van der Waals surface area contributed by atoms with Crippen molar-refractivity contribution in [3.05, 3.63) is 0 Å². The van der Waals surface area contributed by atoms with Gasteiger partial charge < -0.3 is 10.2 Å². The lowest BCUT2D eigenvalue weighted by molar-refractivity contribution is -0.115. The Bertz CT molecular complexity index is 279. The van der Waals surface area contributed by atoms with Gasteiger partial charge in [0.25, 0.3) is 0 Å². The number of hydrogen-bond acceptors (Lipinski definition) is 2. The summed E-state index contributed by atoms with van der Waals surface area (Å²) in [6, 6.07) is 0. The zero-order chi connectivity index (χ0) is 19.7. The summed E-state index contributed by atoms with van der Waals surface area (Å²) in [7, 11) is 0. The summed E-state index contributed by atoms with van der Waals surface area (Å²) in [6.45, 7) is 8.79. The third-order valence-corrected chi connectivity index (χ3v) is 6.64. The van der Waals surface area contributed by atoms with Crippen molar-refractivity contribution in [3.8, 4) is 0 Å². The molecule has 1 atom stereocenters. The highest BCUT2D eigenvalue weighted by molar-refractivity contribution is 4.95. The standard InChI is InChI=1S/C24H50O2/c1-5-8-10-12-14-16-18-20-24(26,23(4,7-3)22-25)21-19-17-15-13-11-9-6-2/h25-26H,5-22H2,1-4H3. The van der Waals surface area contributed by atoms with Crippen LogP contribution < -0.4 is 0 Å². The summed E-state index contributed by atoms with van der Waals surface area (Å²) in [5, 5.41) is 21.4. The number of hydrogen-bond donors (Lipinski definition) is 2. The van der Waals surface area contributed by atoms with Crippen LogP contribution in [0.15, 0.2) is 0 Å². The van der Waals surface area contributed by atoms with Gasteiger partial charge in [-0.25, -0.2) is 0 Å². The molecule has 0 radical (unpaired) electrons. The molecular weight excluding hydrogens is 320 g/mol. The fourth-order valence-corrected chi connectivity index (χ4v) is 4.07. The molecule has 0 aliphatic rings. The van der Waals surface area contributed by atoms with Crippen molar-refractivity contribution in [2.45, 2.75) is 142 Å². The van der Waals surface area contributed by atoms with Gasteiger partial charge in [-0.1, -0.05) is 118 Å². The predicted octanol–water partition coefficient (Wildman–Crippen LogP) is 7.41. The summed E-state index contributed by atoms with van der Waals surface area (Å²) < 4.78 is 0. The van der Waals surface area contributed by atoms with Crippen molar-refractivity contribution in [3.63, 3.8) is 0 Å². The Morgan fingerprint density at radius 3 is 1.23 bits per heavy atom. The fraction of sp³-hybridized carbons (Fsp3) is 1.00. The molecule has 26 heavy (non-hydrogen) atoms. The van der Waals surface area contributed by atoms with Crippen LogP contribution in [0.25, 0.3) is 0 Å². The van der Waals surface area contributed by atoms with Crippen molar-refractivity contribution < 1.29 is 10.2 Å². The largest absolute Gasteiger partial charge is 0.396 e. The lowest BCUT2D eigenvalue weighted by Gasteiger charge is -2.44. The lowest BCUT2D eigenvalue weighted by Crippen LogP contribution is -2.48. The first-order valence-electron chi connectivity index (χ1n) is 11.8. The normalized spacial score (nSPS) is 14.5. The maximum absolute atomic E-state index is 11.5. The highest BCUT2D eigenvalue weighted by Crippen LogP contribution is 2.42. The van der Waals surface area contributed by atoms with E-state index in [1.807, 2.05) is 0 Å². The van der Waals surface area contributed by atoms with Gasteiger partial charge in [-0.15, -0.1) is 0 Å². The molecule has 0 aromatic rings. The summed E-state index contributed by atoms with van der Waals surface area (Å²) in [5.74, 6) is 0. The van der Waals surface area contributed by atoms with E-state index in [0.717, 1.165) is 32.1 Å². The van der Waals surface area contributed by atoms with E-state index in [9.17, 15) is 10.2 Å². The number of aliphatic hydroxyl groups is 2. The van der Waals surface area contributed by atoms with Gasteiger partial charge in [-0.05, 0) is 19.3 Å². The summed E-state index contributed by atoms with van der Waals surface area (Å²) in [4.78, 5) is 0. The second-order valence-electron chi connectivity index (χ2n) is 8.85.